The summed E-state index contributed by atoms with van der Waals surface area (Å²) in [6, 6.07) is 5.21. The first-order valence-electron chi connectivity index (χ1n) is 8.21. The van der Waals surface area contributed by atoms with Gasteiger partial charge in [0.05, 0.1) is 17.8 Å². The quantitative estimate of drug-likeness (QED) is 0.428. The molecule has 28 heavy (non-hydrogen) atoms. The predicted octanol–water partition coefficient (Wildman–Crippen LogP) is 2.01. The molecular formula is C18H16F4NO5-. The van der Waals surface area contributed by atoms with E-state index in [1.165, 1.54) is 18.2 Å². The Labute approximate surface area is 157 Å². The number of aromatic carboxylic acids is 1. The zero-order valence-corrected chi connectivity index (χ0v) is 14.4. The van der Waals surface area contributed by atoms with Crippen LogP contribution in [0.5, 0.6) is 0 Å². The number of hydrogen-bond acceptors (Lipinski definition) is 5. The molecule has 0 radical (unpaired) electrons. The Hall–Kier alpha value is -2.91. The molecular weight excluding hydrogens is 386 g/mol. The van der Waals surface area contributed by atoms with Gasteiger partial charge in [0.15, 0.2) is 6.61 Å². The molecule has 6 nitrogen and oxygen atoms in total. The molecule has 0 saturated carbocycles. The minimum absolute atomic E-state index is 0.0102. The average molecular weight is 402 g/mol. The molecule has 0 fully saturated rings. The van der Waals surface area contributed by atoms with Gasteiger partial charge in [0, 0.05) is 5.69 Å². The van der Waals surface area contributed by atoms with Crippen molar-refractivity contribution < 1.29 is 41.8 Å². The van der Waals surface area contributed by atoms with Crippen LogP contribution in [0.4, 0.5) is 23.2 Å². The van der Waals surface area contributed by atoms with Crippen molar-refractivity contribution in [3.8, 4) is 0 Å². The van der Waals surface area contributed by atoms with Gasteiger partial charge in [0.2, 0.25) is 5.91 Å². The number of amides is 1. The number of halogens is 4. The van der Waals surface area contributed by atoms with Crippen molar-refractivity contribution in [2.45, 2.75) is 25.2 Å². The van der Waals surface area contributed by atoms with Gasteiger partial charge in [-0.15, -0.1) is 0 Å². The summed E-state index contributed by atoms with van der Waals surface area (Å²) in [5, 5.41) is 13.3. The molecule has 10 heteroatoms. The largest absolute Gasteiger partial charge is 0.545 e. The number of carbonyl (C=O) groups is 3. The first-order valence-corrected chi connectivity index (χ1v) is 8.21. The van der Waals surface area contributed by atoms with E-state index in [1.54, 1.807) is 12.2 Å². The number of carboxylic acids is 1. The Bertz CT molecular complexity index is 781. The summed E-state index contributed by atoms with van der Waals surface area (Å²) in [7, 11) is 0. The van der Waals surface area contributed by atoms with E-state index in [2.05, 4.69) is 10.1 Å². The summed E-state index contributed by atoms with van der Waals surface area (Å²) in [6.45, 7) is -1.79. The van der Waals surface area contributed by atoms with E-state index in [0.29, 0.717) is 0 Å². The van der Waals surface area contributed by atoms with Gasteiger partial charge in [-0.05, 0) is 30.5 Å². The number of carboxylic acid groups (broad SMARTS) is 1. The number of alkyl halides is 4. The highest BCUT2D eigenvalue weighted by Gasteiger charge is 2.43. The number of esters is 1. The molecule has 1 aliphatic carbocycles. The fourth-order valence-electron chi connectivity index (χ4n) is 2.66. The molecule has 0 unspecified atom stereocenters. The Morgan fingerprint density at radius 3 is 2.43 bits per heavy atom. The highest BCUT2D eigenvalue weighted by atomic mass is 19.3. The highest BCUT2D eigenvalue weighted by Crippen LogP contribution is 2.30. The van der Waals surface area contributed by atoms with Crippen LogP contribution in [-0.2, 0) is 14.3 Å². The van der Waals surface area contributed by atoms with Gasteiger partial charge in [-0.2, -0.15) is 8.78 Å². The summed E-state index contributed by atoms with van der Waals surface area (Å²) in [4.78, 5) is 35.4. The van der Waals surface area contributed by atoms with Crippen molar-refractivity contribution >= 4 is 23.5 Å². The van der Waals surface area contributed by atoms with Gasteiger partial charge < -0.3 is 20.0 Å². The van der Waals surface area contributed by atoms with Gasteiger partial charge in [0.25, 0.3) is 0 Å². The van der Waals surface area contributed by atoms with Crippen molar-refractivity contribution in [2.24, 2.45) is 11.8 Å². The number of allylic oxidation sites excluding steroid dienone is 2. The number of nitrogens with one attached hydrogen (secondary N) is 1. The van der Waals surface area contributed by atoms with Crippen molar-refractivity contribution in [3.63, 3.8) is 0 Å². The standard InChI is InChI=1S/C18H17F4NO5/c19-17(20)18(21,22)9-28-16(27)13-7-2-1-6-12(13)14(24)23-11-5-3-4-10(8-11)15(25)26/h1-5,8,12-13,17H,6-7,9H2,(H,23,24)(H,25,26)/p-1/t12-,13+/m0/s1. The molecule has 0 heterocycles. The molecule has 0 bridgehead atoms. The van der Waals surface area contributed by atoms with E-state index in [-0.39, 0.29) is 24.1 Å². The van der Waals surface area contributed by atoms with Gasteiger partial charge in [0.1, 0.15) is 0 Å². The third kappa shape index (κ3) is 5.30. The molecule has 0 saturated heterocycles. The van der Waals surface area contributed by atoms with Crippen LogP contribution in [0.25, 0.3) is 0 Å². The normalized spacial score (nSPS) is 19.3. The molecule has 0 spiro atoms. The lowest BCUT2D eigenvalue weighted by molar-refractivity contribution is -0.255. The second kappa shape index (κ2) is 8.85. The van der Waals surface area contributed by atoms with Crippen LogP contribution >= 0.6 is 0 Å². The molecule has 2 rings (SSSR count). The van der Waals surface area contributed by atoms with Crippen LogP contribution in [0.1, 0.15) is 23.2 Å². The number of benzene rings is 1. The molecule has 1 aliphatic rings. The fraction of sp³-hybridized carbons (Fsp3) is 0.389. The van der Waals surface area contributed by atoms with Crippen LogP contribution in [0.3, 0.4) is 0 Å². The number of ether oxygens (including phenoxy) is 1. The SMILES string of the molecule is O=C([O-])c1cccc(NC(=O)[C@H]2CC=CC[C@H]2C(=O)OCC(F)(F)C(F)F)c1. The third-order valence-corrected chi connectivity index (χ3v) is 4.16. The summed E-state index contributed by atoms with van der Waals surface area (Å²) in [5.41, 5.74) is -0.0378. The van der Waals surface area contributed by atoms with E-state index in [0.717, 1.165) is 6.07 Å². The van der Waals surface area contributed by atoms with Crippen LogP contribution < -0.4 is 10.4 Å². The maximum absolute atomic E-state index is 12.9. The van der Waals surface area contributed by atoms with Crippen LogP contribution in [0, 0.1) is 11.8 Å². The molecule has 1 aromatic rings. The number of hydrogen-bond donors (Lipinski definition) is 1. The lowest BCUT2D eigenvalue weighted by Gasteiger charge is -2.26. The zero-order valence-electron chi connectivity index (χ0n) is 14.4. The van der Waals surface area contributed by atoms with Gasteiger partial charge in [-0.1, -0.05) is 24.3 Å². The second-order valence-electron chi connectivity index (χ2n) is 6.18. The van der Waals surface area contributed by atoms with E-state index < -0.39 is 48.6 Å². The molecule has 1 amide bonds. The Kier molecular flexibility index (Phi) is 6.76. The van der Waals surface area contributed by atoms with E-state index in [1.807, 2.05) is 0 Å². The molecule has 2 atom stereocenters. The highest BCUT2D eigenvalue weighted by molar-refractivity contribution is 5.97. The average Bonchev–Trinajstić information content (AvgIpc) is 2.66. The minimum Gasteiger partial charge on any atom is -0.545 e. The monoisotopic (exact) mass is 402 g/mol. The van der Waals surface area contributed by atoms with Crippen molar-refractivity contribution in [2.75, 3.05) is 11.9 Å². The molecule has 0 aliphatic heterocycles. The summed E-state index contributed by atoms with van der Waals surface area (Å²) >= 11 is 0. The maximum atomic E-state index is 12.9. The van der Waals surface area contributed by atoms with E-state index in [9.17, 15) is 37.1 Å². The van der Waals surface area contributed by atoms with Gasteiger partial charge in [-0.3, -0.25) is 9.59 Å². The van der Waals surface area contributed by atoms with Gasteiger partial charge in [-0.25, -0.2) is 8.78 Å². The topological polar surface area (TPSA) is 95.5 Å². The minimum atomic E-state index is -4.48. The van der Waals surface area contributed by atoms with E-state index in [4.69, 9.17) is 0 Å². The van der Waals surface area contributed by atoms with Crippen LogP contribution in [0.15, 0.2) is 36.4 Å². The van der Waals surface area contributed by atoms with Crippen molar-refractivity contribution in [1.29, 1.82) is 0 Å². The van der Waals surface area contributed by atoms with Crippen molar-refractivity contribution in [3.05, 3.63) is 42.0 Å². The number of anilines is 1. The first-order chi connectivity index (χ1) is 13.1. The molecule has 152 valence electrons. The molecule has 1 N–H and O–H groups in total. The fourth-order valence-corrected chi connectivity index (χ4v) is 2.66. The maximum Gasteiger partial charge on any atom is 0.340 e. The first kappa shape index (κ1) is 21.4. The zero-order chi connectivity index (χ0) is 20.9. The van der Waals surface area contributed by atoms with E-state index >= 15 is 0 Å². The lowest BCUT2D eigenvalue weighted by atomic mass is 9.82. The Balaban J connectivity index is 2.07. The summed E-state index contributed by atoms with van der Waals surface area (Å²) < 4.78 is 54.6. The smallest absolute Gasteiger partial charge is 0.340 e. The van der Waals surface area contributed by atoms with Crippen molar-refractivity contribution in [1.82, 2.24) is 0 Å². The Morgan fingerprint density at radius 2 is 1.82 bits per heavy atom. The lowest BCUT2D eigenvalue weighted by Crippen LogP contribution is -2.39. The van der Waals surface area contributed by atoms with Gasteiger partial charge >= 0.3 is 18.3 Å². The Morgan fingerprint density at radius 1 is 1.18 bits per heavy atom. The number of carbonyl (C=O) groups excluding carboxylic acids is 3. The predicted molar refractivity (Wildman–Crippen MR) is 86.7 cm³/mol. The number of rotatable bonds is 7. The third-order valence-electron chi connectivity index (χ3n) is 4.16. The van der Waals surface area contributed by atoms with Crippen LogP contribution in [0.2, 0.25) is 0 Å². The van der Waals surface area contributed by atoms with Crippen LogP contribution in [-0.4, -0.2) is 36.8 Å². The molecule has 0 aromatic heterocycles. The summed E-state index contributed by atoms with van der Waals surface area (Å²) in [5.74, 6) is -9.91. The second-order valence-corrected chi connectivity index (χ2v) is 6.18. The summed E-state index contributed by atoms with van der Waals surface area (Å²) in [6.07, 6.45) is -0.716. The molecule has 1 aromatic carbocycles.